The van der Waals surface area contributed by atoms with E-state index < -0.39 is 0 Å². The maximum Gasteiger partial charge on any atom is 0.243 e. The zero-order valence-electron chi connectivity index (χ0n) is 19.0. The van der Waals surface area contributed by atoms with E-state index in [9.17, 15) is 4.79 Å². The Kier molecular flexibility index (Phi) is 14.5. The number of morpholine rings is 1. The van der Waals surface area contributed by atoms with Crippen molar-refractivity contribution in [3.05, 3.63) is 35.9 Å². The normalized spacial score (nSPS) is 15.6. The maximum atomic E-state index is 11.9. The molecular weight excluding hydrogens is 509 g/mol. The minimum atomic E-state index is -0.0238. The van der Waals surface area contributed by atoms with Crippen LogP contribution in [0, 0.1) is 0 Å². The predicted molar refractivity (Wildman–Crippen MR) is 135 cm³/mol. The van der Waals surface area contributed by atoms with Crippen molar-refractivity contribution in [2.24, 2.45) is 4.99 Å². The molecule has 2 rings (SSSR count). The van der Waals surface area contributed by atoms with Crippen LogP contribution < -0.4 is 10.6 Å². The molecule has 1 aromatic rings. The summed E-state index contributed by atoms with van der Waals surface area (Å²) in [5.41, 5.74) is 1.18. The molecule has 1 aromatic carbocycles. The standard InChI is InChI=1S/C22H37N5O3.HI/c1-19(20-8-5-4-6-9-20)30-15-7-10-23-22(25-18-21(28)26(2)3)24-11-12-27-13-16-29-17-14-27;/h4-6,8-9,19H,7,10-18H2,1-3H3,(H2,23,24,25);1H. The molecule has 1 aliphatic rings. The number of nitrogens with one attached hydrogen (secondary N) is 2. The van der Waals surface area contributed by atoms with Crippen molar-refractivity contribution in [3.63, 3.8) is 0 Å². The molecule has 1 aliphatic heterocycles. The van der Waals surface area contributed by atoms with Crippen LogP contribution in [0.4, 0.5) is 0 Å². The molecule has 0 bridgehead atoms. The van der Waals surface area contributed by atoms with Crippen LogP contribution in [0.3, 0.4) is 0 Å². The summed E-state index contributed by atoms with van der Waals surface area (Å²) in [5.74, 6) is 0.638. The Labute approximate surface area is 203 Å². The van der Waals surface area contributed by atoms with Crippen molar-refractivity contribution in [2.45, 2.75) is 19.4 Å². The molecule has 1 fully saturated rings. The Bertz CT molecular complexity index is 639. The van der Waals surface area contributed by atoms with Gasteiger partial charge in [0.25, 0.3) is 0 Å². The van der Waals surface area contributed by atoms with Gasteiger partial charge in [-0.15, -0.1) is 24.0 Å². The van der Waals surface area contributed by atoms with Crippen LogP contribution in [0.5, 0.6) is 0 Å². The lowest BCUT2D eigenvalue weighted by Gasteiger charge is -2.26. The lowest BCUT2D eigenvalue weighted by Crippen LogP contribution is -2.45. The third-order valence-corrected chi connectivity index (χ3v) is 4.95. The highest BCUT2D eigenvalue weighted by Gasteiger charge is 2.10. The van der Waals surface area contributed by atoms with E-state index in [0.717, 1.165) is 52.4 Å². The van der Waals surface area contributed by atoms with E-state index in [2.05, 4.69) is 39.6 Å². The topological polar surface area (TPSA) is 78.4 Å². The van der Waals surface area contributed by atoms with E-state index in [1.807, 2.05) is 18.2 Å². The number of hydrogen-bond acceptors (Lipinski definition) is 5. The number of aliphatic imine (C=N–C) groups is 1. The maximum absolute atomic E-state index is 11.9. The fraction of sp³-hybridized carbons (Fsp3) is 0.636. The highest BCUT2D eigenvalue weighted by Crippen LogP contribution is 2.15. The number of nitrogens with zero attached hydrogens (tertiary/aromatic N) is 3. The number of rotatable bonds is 11. The molecule has 31 heavy (non-hydrogen) atoms. The highest BCUT2D eigenvalue weighted by molar-refractivity contribution is 14.0. The van der Waals surface area contributed by atoms with Gasteiger partial charge in [-0.1, -0.05) is 30.3 Å². The molecule has 8 nitrogen and oxygen atoms in total. The summed E-state index contributed by atoms with van der Waals surface area (Å²) < 4.78 is 11.3. The summed E-state index contributed by atoms with van der Waals surface area (Å²) in [5, 5.41) is 6.64. The number of amides is 1. The number of carbonyl (C=O) groups excluding carboxylic acids is 1. The molecule has 1 heterocycles. The molecule has 1 atom stereocenters. The summed E-state index contributed by atoms with van der Waals surface area (Å²) in [7, 11) is 3.48. The van der Waals surface area contributed by atoms with Crippen LogP contribution >= 0.6 is 24.0 Å². The van der Waals surface area contributed by atoms with Crippen molar-refractivity contribution in [1.29, 1.82) is 0 Å². The SMILES string of the molecule is CC(OCCCNC(=NCC(=O)N(C)C)NCCN1CCOCC1)c1ccccc1.I. The third-order valence-electron chi connectivity index (χ3n) is 4.95. The molecule has 9 heteroatoms. The van der Waals surface area contributed by atoms with Gasteiger partial charge in [0.15, 0.2) is 5.96 Å². The number of guanidine groups is 1. The van der Waals surface area contributed by atoms with Gasteiger partial charge in [0, 0.05) is 53.4 Å². The molecule has 0 spiro atoms. The number of ether oxygens (including phenoxy) is 2. The molecule has 0 saturated carbocycles. The Morgan fingerprint density at radius 1 is 1.19 bits per heavy atom. The molecule has 0 aliphatic carbocycles. The average molecular weight is 547 g/mol. The van der Waals surface area contributed by atoms with Crippen molar-refractivity contribution in [2.75, 3.05) is 73.2 Å². The van der Waals surface area contributed by atoms with E-state index in [-0.39, 0.29) is 42.5 Å². The number of carbonyl (C=O) groups is 1. The lowest BCUT2D eigenvalue weighted by molar-refractivity contribution is -0.127. The quantitative estimate of drug-likeness (QED) is 0.190. The summed E-state index contributed by atoms with van der Waals surface area (Å²) in [4.78, 5) is 20.2. The van der Waals surface area contributed by atoms with Gasteiger partial charge in [-0.3, -0.25) is 9.69 Å². The molecule has 176 valence electrons. The van der Waals surface area contributed by atoms with E-state index in [0.29, 0.717) is 12.6 Å². The van der Waals surface area contributed by atoms with Gasteiger partial charge >= 0.3 is 0 Å². The number of halogens is 1. The molecule has 2 N–H and O–H groups in total. The largest absolute Gasteiger partial charge is 0.379 e. The van der Waals surface area contributed by atoms with E-state index in [1.54, 1.807) is 19.0 Å². The first kappa shape index (κ1) is 27.6. The molecule has 1 amide bonds. The second-order valence-electron chi connectivity index (χ2n) is 7.54. The minimum Gasteiger partial charge on any atom is -0.379 e. The van der Waals surface area contributed by atoms with Crippen molar-refractivity contribution in [3.8, 4) is 0 Å². The Morgan fingerprint density at radius 2 is 1.87 bits per heavy atom. The first-order chi connectivity index (χ1) is 14.6. The van der Waals surface area contributed by atoms with Gasteiger partial charge in [-0.25, -0.2) is 4.99 Å². The zero-order valence-corrected chi connectivity index (χ0v) is 21.3. The third kappa shape index (κ3) is 11.7. The second-order valence-corrected chi connectivity index (χ2v) is 7.54. The summed E-state index contributed by atoms with van der Waals surface area (Å²) in [6.07, 6.45) is 0.923. The molecule has 1 saturated heterocycles. The van der Waals surface area contributed by atoms with Crippen molar-refractivity contribution < 1.29 is 14.3 Å². The van der Waals surface area contributed by atoms with Gasteiger partial charge in [0.2, 0.25) is 5.91 Å². The van der Waals surface area contributed by atoms with E-state index in [4.69, 9.17) is 9.47 Å². The van der Waals surface area contributed by atoms with Crippen molar-refractivity contribution >= 4 is 35.8 Å². The number of benzene rings is 1. The van der Waals surface area contributed by atoms with E-state index >= 15 is 0 Å². The van der Waals surface area contributed by atoms with Gasteiger partial charge in [-0.05, 0) is 18.9 Å². The second kappa shape index (κ2) is 16.2. The molecular formula is C22H38IN5O3. The van der Waals surface area contributed by atoms with Crippen LogP contribution in [0.1, 0.15) is 25.0 Å². The Balaban J connectivity index is 0.00000480. The summed E-state index contributed by atoms with van der Waals surface area (Å²) in [6.45, 7) is 8.75. The highest BCUT2D eigenvalue weighted by atomic mass is 127. The van der Waals surface area contributed by atoms with Crippen LogP contribution in [-0.2, 0) is 14.3 Å². The monoisotopic (exact) mass is 547 g/mol. The van der Waals surface area contributed by atoms with Crippen LogP contribution in [0.25, 0.3) is 0 Å². The lowest BCUT2D eigenvalue weighted by atomic mass is 10.1. The molecule has 0 aromatic heterocycles. The van der Waals surface area contributed by atoms with E-state index in [1.165, 1.54) is 5.56 Å². The Morgan fingerprint density at radius 3 is 2.55 bits per heavy atom. The predicted octanol–water partition coefficient (Wildman–Crippen LogP) is 1.73. The fourth-order valence-electron chi connectivity index (χ4n) is 2.98. The van der Waals surface area contributed by atoms with Gasteiger partial charge in [0.1, 0.15) is 6.54 Å². The van der Waals surface area contributed by atoms with Crippen LogP contribution in [0.15, 0.2) is 35.3 Å². The number of hydrogen-bond donors (Lipinski definition) is 2. The van der Waals surface area contributed by atoms with Gasteiger partial charge in [0.05, 0.1) is 19.3 Å². The summed E-state index contributed by atoms with van der Waals surface area (Å²) >= 11 is 0. The average Bonchev–Trinajstić information content (AvgIpc) is 2.77. The first-order valence-corrected chi connectivity index (χ1v) is 10.7. The minimum absolute atomic E-state index is 0. The first-order valence-electron chi connectivity index (χ1n) is 10.7. The number of likely N-dealkylation sites (N-methyl/N-ethyl adjacent to an activating group) is 1. The zero-order chi connectivity index (χ0) is 21.6. The van der Waals surface area contributed by atoms with Crippen molar-refractivity contribution in [1.82, 2.24) is 20.4 Å². The summed E-state index contributed by atoms with van der Waals surface area (Å²) in [6, 6.07) is 10.2. The van der Waals surface area contributed by atoms with Crippen LogP contribution in [0.2, 0.25) is 0 Å². The Hall–Kier alpha value is -1.43. The van der Waals surface area contributed by atoms with Gasteiger partial charge in [-0.2, -0.15) is 0 Å². The molecule has 0 radical (unpaired) electrons. The van der Waals surface area contributed by atoms with Gasteiger partial charge < -0.3 is 25.0 Å². The fourth-order valence-corrected chi connectivity index (χ4v) is 2.98. The molecule has 1 unspecified atom stereocenters. The smallest absolute Gasteiger partial charge is 0.243 e. The van der Waals surface area contributed by atoms with Crippen LogP contribution in [-0.4, -0.2) is 94.9 Å².